The van der Waals surface area contributed by atoms with Gasteiger partial charge in [-0.25, -0.2) is 0 Å². The van der Waals surface area contributed by atoms with Crippen LogP contribution in [0.5, 0.6) is 0 Å². The van der Waals surface area contributed by atoms with Gasteiger partial charge in [0.2, 0.25) is 5.91 Å². The van der Waals surface area contributed by atoms with E-state index in [1.165, 1.54) is 0 Å². The van der Waals surface area contributed by atoms with Gasteiger partial charge in [-0.15, -0.1) is 0 Å². The largest absolute Gasteiger partial charge is 0.382 e. The molecule has 0 saturated heterocycles. The topological polar surface area (TPSA) is 50.8 Å². The Morgan fingerprint density at radius 1 is 1.29 bits per heavy atom. The molecule has 0 saturated carbocycles. The molecule has 0 aromatic rings. The molecule has 0 aliphatic carbocycles. The van der Waals surface area contributed by atoms with E-state index in [2.05, 4.69) is 5.32 Å². The minimum absolute atomic E-state index is 0.0213. The van der Waals surface area contributed by atoms with Gasteiger partial charge in [0.1, 0.15) is 0 Å². The first kappa shape index (κ1) is 16.4. The Labute approximate surface area is 104 Å². The van der Waals surface area contributed by atoms with Gasteiger partial charge in [0.05, 0.1) is 18.8 Å². The van der Waals surface area contributed by atoms with Crippen molar-refractivity contribution in [2.45, 2.75) is 32.9 Å². The molecule has 0 radical (unpaired) electrons. The number of nitrogens with one attached hydrogen (secondary N) is 1. The second-order valence-corrected chi connectivity index (χ2v) is 3.95. The van der Waals surface area contributed by atoms with Gasteiger partial charge in [-0.05, 0) is 20.8 Å². The fourth-order valence-corrected chi connectivity index (χ4v) is 1.60. The Hall–Kier alpha value is -0.650. The minimum atomic E-state index is -0.190. The summed E-state index contributed by atoms with van der Waals surface area (Å²) >= 11 is 0. The molecule has 0 rings (SSSR count). The highest BCUT2D eigenvalue weighted by atomic mass is 16.5. The number of methoxy groups -OCH3 is 2. The summed E-state index contributed by atoms with van der Waals surface area (Å²) in [7, 11) is 3.28. The molecule has 2 unspecified atom stereocenters. The van der Waals surface area contributed by atoms with Crippen LogP contribution in [0.2, 0.25) is 0 Å². The zero-order valence-corrected chi connectivity index (χ0v) is 11.7. The van der Waals surface area contributed by atoms with Crippen LogP contribution in [0.25, 0.3) is 0 Å². The quantitative estimate of drug-likeness (QED) is 0.643. The first-order valence-corrected chi connectivity index (χ1v) is 6.14. The second kappa shape index (κ2) is 9.39. The van der Waals surface area contributed by atoms with Gasteiger partial charge in [-0.3, -0.25) is 4.79 Å². The smallest absolute Gasteiger partial charge is 0.239 e. The summed E-state index contributed by atoms with van der Waals surface area (Å²) in [5.41, 5.74) is 0. The zero-order valence-electron chi connectivity index (χ0n) is 11.7. The van der Waals surface area contributed by atoms with Crippen LogP contribution in [0.4, 0.5) is 0 Å². The number of amides is 1. The van der Waals surface area contributed by atoms with E-state index in [9.17, 15) is 4.79 Å². The molecule has 5 nitrogen and oxygen atoms in total. The maximum Gasteiger partial charge on any atom is 0.239 e. The van der Waals surface area contributed by atoms with E-state index in [-0.39, 0.29) is 18.1 Å². The molecular weight excluding hydrogens is 220 g/mol. The number of carbonyl (C=O) groups excluding carboxylic acids is 1. The Kier molecular flexibility index (Phi) is 9.03. The van der Waals surface area contributed by atoms with Gasteiger partial charge >= 0.3 is 0 Å². The second-order valence-electron chi connectivity index (χ2n) is 3.95. The maximum absolute atomic E-state index is 12.0. The van der Waals surface area contributed by atoms with E-state index >= 15 is 0 Å². The molecule has 17 heavy (non-hydrogen) atoms. The normalized spacial score (nSPS) is 14.4. The number of nitrogens with zero attached hydrogens (tertiary/aromatic N) is 1. The van der Waals surface area contributed by atoms with Crippen molar-refractivity contribution in [2.75, 3.05) is 40.5 Å². The van der Waals surface area contributed by atoms with Crippen molar-refractivity contribution in [3.63, 3.8) is 0 Å². The van der Waals surface area contributed by atoms with Crippen LogP contribution in [0.3, 0.4) is 0 Å². The third-order valence-corrected chi connectivity index (χ3v) is 2.78. The van der Waals surface area contributed by atoms with Crippen molar-refractivity contribution < 1.29 is 14.3 Å². The van der Waals surface area contributed by atoms with Crippen molar-refractivity contribution in [3.05, 3.63) is 0 Å². The molecule has 0 heterocycles. The van der Waals surface area contributed by atoms with E-state index in [0.717, 1.165) is 13.1 Å². The van der Waals surface area contributed by atoms with Crippen molar-refractivity contribution in [3.8, 4) is 0 Å². The van der Waals surface area contributed by atoms with E-state index in [0.29, 0.717) is 13.2 Å². The first-order chi connectivity index (χ1) is 8.10. The Balaban J connectivity index is 4.06. The molecule has 102 valence electrons. The zero-order chi connectivity index (χ0) is 13.3. The molecule has 0 bridgehead atoms. The molecule has 1 N–H and O–H groups in total. The van der Waals surface area contributed by atoms with Gasteiger partial charge in [0.25, 0.3) is 0 Å². The highest BCUT2D eigenvalue weighted by Gasteiger charge is 2.18. The lowest BCUT2D eigenvalue weighted by Crippen LogP contribution is -2.47. The molecule has 0 spiro atoms. The molecule has 0 fully saturated rings. The third-order valence-electron chi connectivity index (χ3n) is 2.78. The highest BCUT2D eigenvalue weighted by molar-refractivity contribution is 5.81. The minimum Gasteiger partial charge on any atom is -0.382 e. The fourth-order valence-electron chi connectivity index (χ4n) is 1.60. The van der Waals surface area contributed by atoms with E-state index < -0.39 is 0 Å². The number of hydrogen-bond donors (Lipinski definition) is 1. The first-order valence-electron chi connectivity index (χ1n) is 6.14. The number of carbonyl (C=O) groups is 1. The predicted octanol–water partition coefficient (Wildman–Crippen LogP) is 0.494. The summed E-state index contributed by atoms with van der Waals surface area (Å²) in [6.45, 7) is 8.46. The average Bonchev–Trinajstić information content (AvgIpc) is 2.35. The van der Waals surface area contributed by atoms with Crippen LogP contribution in [-0.2, 0) is 14.3 Å². The van der Waals surface area contributed by atoms with Gasteiger partial charge in [0, 0.05) is 33.9 Å². The van der Waals surface area contributed by atoms with E-state index in [1.54, 1.807) is 14.2 Å². The number of likely N-dealkylation sites (N-methyl/N-ethyl adjacent to an activating group) is 1. The molecule has 0 aromatic carbocycles. The van der Waals surface area contributed by atoms with Crippen molar-refractivity contribution in [1.29, 1.82) is 0 Å². The van der Waals surface area contributed by atoms with Crippen LogP contribution in [-0.4, -0.2) is 63.4 Å². The van der Waals surface area contributed by atoms with Gasteiger partial charge < -0.3 is 19.7 Å². The highest BCUT2D eigenvalue weighted by Crippen LogP contribution is 1.96. The lowest BCUT2D eigenvalue weighted by Gasteiger charge is -2.24. The van der Waals surface area contributed by atoms with Crippen LogP contribution in [0.15, 0.2) is 0 Å². The Bertz CT molecular complexity index is 208. The predicted molar refractivity (Wildman–Crippen MR) is 68.1 cm³/mol. The fraction of sp³-hybridized carbons (Fsp3) is 0.917. The standard InChI is InChI=1S/C12H26N2O3/c1-6-14(7-2)12(15)10(3)13-8-11(17-5)9-16-4/h10-11,13H,6-9H2,1-5H3. The number of ether oxygens (including phenoxy) is 2. The van der Waals surface area contributed by atoms with E-state index in [1.807, 2.05) is 25.7 Å². The van der Waals surface area contributed by atoms with Crippen LogP contribution in [0.1, 0.15) is 20.8 Å². The number of hydrogen-bond acceptors (Lipinski definition) is 4. The van der Waals surface area contributed by atoms with Crippen molar-refractivity contribution >= 4 is 5.91 Å². The summed E-state index contributed by atoms with van der Waals surface area (Å²) in [5.74, 6) is 0.127. The SMILES string of the molecule is CCN(CC)C(=O)C(C)NCC(COC)OC. The average molecular weight is 246 g/mol. The molecule has 0 aliphatic heterocycles. The molecule has 5 heteroatoms. The number of rotatable bonds is 9. The van der Waals surface area contributed by atoms with Crippen LogP contribution < -0.4 is 5.32 Å². The van der Waals surface area contributed by atoms with Crippen molar-refractivity contribution in [1.82, 2.24) is 10.2 Å². The summed E-state index contributed by atoms with van der Waals surface area (Å²) in [6.07, 6.45) is -0.0213. The third kappa shape index (κ3) is 6.00. The van der Waals surface area contributed by atoms with E-state index in [4.69, 9.17) is 9.47 Å². The Morgan fingerprint density at radius 2 is 1.88 bits per heavy atom. The summed E-state index contributed by atoms with van der Waals surface area (Å²) in [5, 5.41) is 3.17. The summed E-state index contributed by atoms with van der Waals surface area (Å²) in [4.78, 5) is 13.8. The molecule has 2 atom stereocenters. The molecule has 0 aromatic heterocycles. The molecule has 1 amide bonds. The van der Waals surface area contributed by atoms with Crippen LogP contribution in [0, 0.1) is 0 Å². The monoisotopic (exact) mass is 246 g/mol. The summed E-state index contributed by atoms with van der Waals surface area (Å²) < 4.78 is 10.2. The van der Waals surface area contributed by atoms with Crippen molar-refractivity contribution in [2.24, 2.45) is 0 Å². The lowest BCUT2D eigenvalue weighted by molar-refractivity contribution is -0.132. The molecular formula is C12H26N2O3. The van der Waals surface area contributed by atoms with Gasteiger partial charge in [-0.1, -0.05) is 0 Å². The maximum atomic E-state index is 12.0. The Morgan fingerprint density at radius 3 is 2.29 bits per heavy atom. The molecule has 0 aliphatic rings. The van der Waals surface area contributed by atoms with Gasteiger partial charge in [0.15, 0.2) is 0 Å². The van der Waals surface area contributed by atoms with Gasteiger partial charge in [-0.2, -0.15) is 0 Å². The summed E-state index contributed by atoms with van der Waals surface area (Å²) in [6, 6.07) is -0.190. The lowest BCUT2D eigenvalue weighted by atomic mass is 10.2. The van der Waals surface area contributed by atoms with Crippen LogP contribution >= 0.6 is 0 Å².